The number of ether oxygens (including phenoxy) is 1. The van der Waals surface area contributed by atoms with Crippen LogP contribution in [-0.4, -0.2) is 19.1 Å². The van der Waals surface area contributed by atoms with E-state index >= 15 is 0 Å². The zero-order valence-electron chi connectivity index (χ0n) is 10.2. The van der Waals surface area contributed by atoms with Crippen LogP contribution < -0.4 is 10.2 Å². The van der Waals surface area contributed by atoms with E-state index in [9.17, 15) is 13.6 Å². The summed E-state index contributed by atoms with van der Waals surface area (Å²) in [6.45, 7) is 3.82. The topological polar surface area (TPSA) is 47.6 Å². The van der Waals surface area contributed by atoms with Crippen molar-refractivity contribution in [3.05, 3.63) is 29.8 Å². The third-order valence-corrected chi connectivity index (χ3v) is 1.86. The van der Waals surface area contributed by atoms with Crippen molar-refractivity contribution in [3.8, 4) is 5.75 Å². The highest BCUT2D eigenvalue weighted by atomic mass is 19.1. The highest BCUT2D eigenvalue weighted by Gasteiger charge is 2.08. The van der Waals surface area contributed by atoms with Crippen molar-refractivity contribution in [1.82, 2.24) is 5.48 Å². The molecular formula is C12H15F2NO3. The maximum absolute atomic E-state index is 13.1. The van der Waals surface area contributed by atoms with Crippen LogP contribution in [0.25, 0.3) is 0 Å². The van der Waals surface area contributed by atoms with Crippen molar-refractivity contribution in [2.75, 3.05) is 13.2 Å². The van der Waals surface area contributed by atoms with E-state index in [0.29, 0.717) is 12.7 Å². The first-order valence-electron chi connectivity index (χ1n) is 5.47. The Bertz CT molecular complexity index is 410. The highest BCUT2D eigenvalue weighted by Crippen LogP contribution is 2.17. The number of carbonyl (C=O) groups excluding carboxylic acids is 1. The van der Waals surface area contributed by atoms with Gasteiger partial charge in [0.1, 0.15) is 5.82 Å². The second-order valence-corrected chi connectivity index (χ2v) is 4.09. The van der Waals surface area contributed by atoms with E-state index in [1.807, 2.05) is 13.8 Å². The Morgan fingerprint density at radius 2 is 2.11 bits per heavy atom. The van der Waals surface area contributed by atoms with E-state index in [1.54, 1.807) is 0 Å². The van der Waals surface area contributed by atoms with E-state index in [4.69, 9.17) is 9.57 Å². The van der Waals surface area contributed by atoms with Gasteiger partial charge in [-0.3, -0.25) is 9.63 Å². The van der Waals surface area contributed by atoms with Crippen molar-refractivity contribution >= 4 is 5.91 Å². The molecule has 0 aromatic heterocycles. The van der Waals surface area contributed by atoms with E-state index in [2.05, 4.69) is 5.48 Å². The van der Waals surface area contributed by atoms with Gasteiger partial charge in [0.15, 0.2) is 18.2 Å². The zero-order valence-corrected chi connectivity index (χ0v) is 10.2. The van der Waals surface area contributed by atoms with Crippen LogP contribution in [0.15, 0.2) is 18.2 Å². The van der Waals surface area contributed by atoms with Gasteiger partial charge in [0.2, 0.25) is 0 Å². The number of halogens is 2. The second kappa shape index (κ2) is 6.90. The number of amides is 1. The van der Waals surface area contributed by atoms with E-state index in [0.717, 1.165) is 12.1 Å². The Labute approximate surface area is 104 Å². The minimum absolute atomic E-state index is 0.185. The van der Waals surface area contributed by atoms with Gasteiger partial charge in [0.25, 0.3) is 5.91 Å². The molecule has 0 saturated heterocycles. The summed E-state index contributed by atoms with van der Waals surface area (Å²) in [6, 6.07) is 2.85. The molecule has 18 heavy (non-hydrogen) atoms. The average molecular weight is 259 g/mol. The Hall–Kier alpha value is -1.69. The van der Waals surface area contributed by atoms with Crippen molar-refractivity contribution < 1.29 is 23.1 Å². The van der Waals surface area contributed by atoms with Crippen LogP contribution in [0, 0.1) is 17.6 Å². The number of hydrogen-bond donors (Lipinski definition) is 1. The van der Waals surface area contributed by atoms with E-state index < -0.39 is 24.1 Å². The average Bonchev–Trinajstić information content (AvgIpc) is 2.27. The molecule has 1 aromatic carbocycles. The standard InChI is InChI=1S/C12H15F2NO3/c1-8(2)6-18-15-12(16)7-17-11-4-3-9(13)5-10(11)14/h3-5,8H,6-7H2,1-2H3,(H,15,16). The number of carbonyl (C=O) groups is 1. The third-order valence-electron chi connectivity index (χ3n) is 1.86. The van der Waals surface area contributed by atoms with Crippen LogP contribution >= 0.6 is 0 Å². The molecule has 1 N–H and O–H groups in total. The number of benzene rings is 1. The molecule has 1 aromatic rings. The molecular weight excluding hydrogens is 244 g/mol. The first-order valence-corrected chi connectivity index (χ1v) is 5.47. The maximum atomic E-state index is 13.1. The number of hydrogen-bond acceptors (Lipinski definition) is 3. The fraction of sp³-hybridized carbons (Fsp3) is 0.417. The monoisotopic (exact) mass is 259 g/mol. The largest absolute Gasteiger partial charge is 0.481 e. The first-order chi connectivity index (χ1) is 8.49. The minimum atomic E-state index is -0.856. The fourth-order valence-corrected chi connectivity index (χ4v) is 1.05. The molecule has 0 fully saturated rings. The van der Waals surface area contributed by atoms with E-state index in [1.165, 1.54) is 0 Å². The molecule has 4 nitrogen and oxygen atoms in total. The van der Waals surface area contributed by atoms with Gasteiger partial charge in [-0.1, -0.05) is 13.8 Å². The molecule has 0 spiro atoms. The van der Waals surface area contributed by atoms with Crippen LogP contribution in [0.3, 0.4) is 0 Å². The molecule has 0 aliphatic carbocycles. The smallest absolute Gasteiger partial charge is 0.281 e. The molecule has 0 heterocycles. The summed E-state index contributed by atoms with van der Waals surface area (Å²) >= 11 is 0. The maximum Gasteiger partial charge on any atom is 0.281 e. The molecule has 1 amide bonds. The van der Waals surface area contributed by atoms with Crippen molar-refractivity contribution in [3.63, 3.8) is 0 Å². The predicted molar refractivity (Wildman–Crippen MR) is 60.8 cm³/mol. The summed E-state index contributed by atoms with van der Waals surface area (Å²) in [7, 11) is 0. The van der Waals surface area contributed by atoms with Gasteiger partial charge >= 0.3 is 0 Å². The van der Waals surface area contributed by atoms with Gasteiger partial charge in [-0.15, -0.1) is 0 Å². The van der Waals surface area contributed by atoms with Crippen LogP contribution in [-0.2, 0) is 9.63 Å². The fourth-order valence-electron chi connectivity index (χ4n) is 1.05. The van der Waals surface area contributed by atoms with Gasteiger partial charge in [-0.2, -0.15) is 0 Å². The van der Waals surface area contributed by atoms with Crippen LogP contribution in [0.4, 0.5) is 8.78 Å². The molecule has 0 saturated carbocycles. The summed E-state index contributed by atoms with van der Waals surface area (Å²) in [5.41, 5.74) is 2.15. The molecule has 0 aliphatic heterocycles. The normalized spacial score (nSPS) is 10.5. The molecule has 1 rings (SSSR count). The molecule has 100 valence electrons. The molecule has 0 unspecified atom stereocenters. The molecule has 6 heteroatoms. The lowest BCUT2D eigenvalue weighted by atomic mass is 10.2. The lowest BCUT2D eigenvalue weighted by Gasteiger charge is -2.09. The van der Waals surface area contributed by atoms with Crippen molar-refractivity contribution in [2.24, 2.45) is 5.92 Å². The number of rotatable bonds is 6. The Morgan fingerprint density at radius 3 is 2.72 bits per heavy atom. The van der Waals surface area contributed by atoms with Crippen LogP contribution in [0.5, 0.6) is 5.75 Å². The Morgan fingerprint density at radius 1 is 1.39 bits per heavy atom. The quantitative estimate of drug-likeness (QED) is 0.795. The molecule has 0 aliphatic rings. The lowest BCUT2D eigenvalue weighted by molar-refractivity contribution is -0.136. The lowest BCUT2D eigenvalue weighted by Crippen LogP contribution is -2.30. The Balaban J connectivity index is 2.33. The predicted octanol–water partition coefficient (Wildman–Crippen LogP) is 2.05. The minimum Gasteiger partial charge on any atom is -0.481 e. The van der Waals surface area contributed by atoms with E-state index in [-0.39, 0.29) is 11.7 Å². The van der Waals surface area contributed by atoms with Gasteiger partial charge in [0.05, 0.1) is 6.61 Å². The second-order valence-electron chi connectivity index (χ2n) is 4.09. The summed E-state index contributed by atoms with van der Waals surface area (Å²) in [4.78, 5) is 16.1. The zero-order chi connectivity index (χ0) is 13.5. The van der Waals surface area contributed by atoms with Gasteiger partial charge in [-0.05, 0) is 18.1 Å². The molecule has 0 radical (unpaired) electrons. The number of nitrogens with one attached hydrogen (secondary N) is 1. The summed E-state index contributed by atoms with van der Waals surface area (Å²) in [5, 5.41) is 0. The van der Waals surface area contributed by atoms with Gasteiger partial charge in [0, 0.05) is 6.07 Å². The van der Waals surface area contributed by atoms with Crippen molar-refractivity contribution in [1.29, 1.82) is 0 Å². The van der Waals surface area contributed by atoms with Crippen molar-refractivity contribution in [2.45, 2.75) is 13.8 Å². The summed E-state index contributed by atoms with van der Waals surface area (Å²) in [6.07, 6.45) is 0. The SMILES string of the molecule is CC(C)CONC(=O)COc1ccc(F)cc1F. The number of hydroxylamine groups is 1. The summed E-state index contributed by atoms with van der Waals surface area (Å²) < 4.78 is 30.6. The summed E-state index contributed by atoms with van der Waals surface area (Å²) in [5.74, 6) is -2.01. The molecule has 0 atom stereocenters. The van der Waals surface area contributed by atoms with Crippen LogP contribution in [0.2, 0.25) is 0 Å². The van der Waals surface area contributed by atoms with Crippen LogP contribution in [0.1, 0.15) is 13.8 Å². The molecule has 0 bridgehead atoms. The first kappa shape index (κ1) is 14.4. The Kier molecular flexibility index (Phi) is 5.51. The van der Waals surface area contributed by atoms with Gasteiger partial charge < -0.3 is 4.74 Å². The third kappa shape index (κ3) is 5.09. The highest BCUT2D eigenvalue weighted by molar-refractivity contribution is 5.76. The van der Waals surface area contributed by atoms with Gasteiger partial charge in [-0.25, -0.2) is 14.3 Å².